The van der Waals surface area contributed by atoms with Gasteiger partial charge in [0.25, 0.3) is 0 Å². The summed E-state index contributed by atoms with van der Waals surface area (Å²) >= 11 is 0. The van der Waals surface area contributed by atoms with E-state index in [0.717, 1.165) is 12.8 Å². The maximum Gasteiger partial charge on any atom is 0.320 e. The van der Waals surface area contributed by atoms with Crippen LogP contribution in [-0.2, 0) is 14.3 Å². The molecule has 0 aromatic rings. The van der Waals surface area contributed by atoms with Gasteiger partial charge in [0.1, 0.15) is 0 Å². The van der Waals surface area contributed by atoms with Crippen LogP contribution >= 0.6 is 0 Å². The van der Waals surface area contributed by atoms with Gasteiger partial charge in [0, 0.05) is 0 Å². The molecule has 66 valence electrons. The third-order valence-electron chi connectivity index (χ3n) is 3.52. The van der Waals surface area contributed by atoms with Gasteiger partial charge in [-0.15, -0.1) is 0 Å². The van der Waals surface area contributed by atoms with Crippen molar-refractivity contribution in [1.82, 2.24) is 0 Å². The topological polar surface area (TPSA) is 43.4 Å². The Hall–Kier alpha value is -0.860. The van der Waals surface area contributed by atoms with Crippen LogP contribution in [0.15, 0.2) is 0 Å². The zero-order chi connectivity index (χ0) is 8.98. The van der Waals surface area contributed by atoms with Crippen molar-refractivity contribution in [3.8, 4) is 0 Å². The Morgan fingerprint density at radius 3 is 2.08 bits per heavy atom. The summed E-state index contributed by atoms with van der Waals surface area (Å²) < 4.78 is 4.58. The van der Waals surface area contributed by atoms with Gasteiger partial charge in [0.15, 0.2) is 0 Å². The maximum absolute atomic E-state index is 11.4. The van der Waals surface area contributed by atoms with E-state index in [2.05, 4.69) is 4.74 Å². The minimum absolute atomic E-state index is 0.0454. The number of ether oxygens (including phenoxy) is 1. The summed E-state index contributed by atoms with van der Waals surface area (Å²) in [5.41, 5.74) is -0.514. The molecular formula is C9H12O3. The van der Waals surface area contributed by atoms with Gasteiger partial charge in [0.05, 0.1) is 11.8 Å². The zero-order valence-electron chi connectivity index (χ0n) is 7.35. The lowest BCUT2D eigenvalue weighted by Gasteiger charge is -2.50. The Balaban J connectivity index is 2.34. The minimum atomic E-state index is -0.468. The third kappa shape index (κ3) is 0.667. The van der Waals surface area contributed by atoms with Gasteiger partial charge in [-0.3, -0.25) is 9.59 Å². The van der Waals surface area contributed by atoms with Crippen LogP contribution in [0, 0.1) is 10.8 Å². The lowest BCUT2D eigenvalue weighted by molar-refractivity contribution is -0.164. The molecule has 1 unspecified atom stereocenters. The van der Waals surface area contributed by atoms with Crippen molar-refractivity contribution in [2.75, 3.05) is 0 Å². The molecular weight excluding hydrogens is 156 g/mol. The predicted octanol–water partition coefficient (Wildman–Crippen LogP) is 1.27. The molecule has 1 aliphatic carbocycles. The van der Waals surface area contributed by atoms with Gasteiger partial charge in [-0.2, -0.15) is 0 Å². The van der Waals surface area contributed by atoms with E-state index in [-0.39, 0.29) is 17.4 Å². The summed E-state index contributed by atoms with van der Waals surface area (Å²) in [4.78, 5) is 22.3. The first-order chi connectivity index (χ1) is 5.48. The van der Waals surface area contributed by atoms with Crippen LogP contribution in [0.3, 0.4) is 0 Å². The summed E-state index contributed by atoms with van der Waals surface area (Å²) in [7, 11) is 0. The smallest absolute Gasteiger partial charge is 0.320 e. The Morgan fingerprint density at radius 2 is 1.92 bits per heavy atom. The van der Waals surface area contributed by atoms with Crippen LogP contribution in [0.2, 0.25) is 0 Å². The highest BCUT2D eigenvalue weighted by atomic mass is 16.6. The molecule has 3 nitrogen and oxygen atoms in total. The molecule has 1 spiro atoms. The molecule has 1 heterocycles. The van der Waals surface area contributed by atoms with E-state index >= 15 is 0 Å². The zero-order valence-corrected chi connectivity index (χ0v) is 7.35. The second kappa shape index (κ2) is 1.90. The number of carbonyl (C=O) groups is 2. The van der Waals surface area contributed by atoms with Gasteiger partial charge in [-0.05, 0) is 18.3 Å². The molecule has 1 saturated heterocycles. The normalized spacial score (nSPS) is 38.2. The summed E-state index contributed by atoms with van der Waals surface area (Å²) in [5.74, 6) is -0.656. The fourth-order valence-corrected chi connectivity index (χ4v) is 2.19. The molecule has 2 aliphatic rings. The molecule has 12 heavy (non-hydrogen) atoms. The molecule has 1 aliphatic heterocycles. The average molecular weight is 168 g/mol. The fraction of sp³-hybridized carbons (Fsp3) is 0.778. The molecule has 0 aromatic carbocycles. The lowest BCUT2D eigenvalue weighted by Crippen LogP contribution is -2.50. The summed E-state index contributed by atoms with van der Waals surface area (Å²) in [6.07, 6.45) is 2.11. The van der Waals surface area contributed by atoms with Gasteiger partial charge < -0.3 is 4.74 Å². The summed E-state index contributed by atoms with van der Waals surface area (Å²) in [5, 5.41) is 0. The Kier molecular flexibility index (Phi) is 1.23. The average Bonchev–Trinajstić information content (AvgIpc) is 2.26. The van der Waals surface area contributed by atoms with Crippen molar-refractivity contribution in [2.45, 2.75) is 33.1 Å². The van der Waals surface area contributed by atoms with Crippen LogP contribution in [-0.4, -0.2) is 11.9 Å². The van der Waals surface area contributed by atoms with Crippen LogP contribution in [0.1, 0.15) is 33.1 Å². The third-order valence-corrected chi connectivity index (χ3v) is 3.52. The maximum atomic E-state index is 11.4. The number of hydrogen-bond acceptors (Lipinski definition) is 3. The molecule has 1 atom stereocenters. The van der Waals surface area contributed by atoms with Gasteiger partial charge >= 0.3 is 11.9 Å². The van der Waals surface area contributed by atoms with E-state index in [1.165, 1.54) is 0 Å². The highest BCUT2D eigenvalue weighted by Gasteiger charge is 2.63. The fourth-order valence-electron chi connectivity index (χ4n) is 2.19. The Bertz CT molecular complexity index is 267. The summed E-state index contributed by atoms with van der Waals surface area (Å²) in [6, 6.07) is 0. The Morgan fingerprint density at radius 1 is 1.25 bits per heavy atom. The largest absolute Gasteiger partial charge is 0.393 e. The highest BCUT2D eigenvalue weighted by molar-refractivity contribution is 5.98. The second-order valence-electron chi connectivity index (χ2n) is 4.40. The van der Waals surface area contributed by atoms with E-state index in [9.17, 15) is 9.59 Å². The van der Waals surface area contributed by atoms with Crippen molar-refractivity contribution in [3.05, 3.63) is 0 Å². The van der Waals surface area contributed by atoms with Gasteiger partial charge in [-0.25, -0.2) is 0 Å². The second-order valence-corrected chi connectivity index (χ2v) is 4.40. The molecule has 0 aromatic heterocycles. The van der Waals surface area contributed by atoms with Crippen molar-refractivity contribution < 1.29 is 14.3 Å². The summed E-state index contributed by atoms with van der Waals surface area (Å²) in [6.45, 7) is 4.05. The van der Waals surface area contributed by atoms with Crippen LogP contribution in [0.25, 0.3) is 0 Å². The van der Waals surface area contributed by atoms with E-state index in [1.807, 2.05) is 13.8 Å². The van der Waals surface area contributed by atoms with E-state index in [4.69, 9.17) is 0 Å². The molecule has 0 radical (unpaired) electrons. The van der Waals surface area contributed by atoms with Crippen molar-refractivity contribution in [2.24, 2.45) is 10.8 Å². The Labute approximate surface area is 71.1 Å². The van der Waals surface area contributed by atoms with Gasteiger partial charge in [0.2, 0.25) is 0 Å². The molecule has 0 bridgehead atoms. The van der Waals surface area contributed by atoms with Crippen LogP contribution in [0.4, 0.5) is 0 Å². The standard InChI is InChI=1S/C9H12O3/c1-8(2)3-4-9(8)5-6(10)12-7(9)11/h3-5H2,1-2H3. The van der Waals surface area contributed by atoms with Crippen molar-refractivity contribution in [3.63, 3.8) is 0 Å². The number of cyclic esters (lactones) is 2. The van der Waals surface area contributed by atoms with Crippen LogP contribution < -0.4 is 0 Å². The van der Waals surface area contributed by atoms with Crippen molar-refractivity contribution in [1.29, 1.82) is 0 Å². The monoisotopic (exact) mass is 168 g/mol. The van der Waals surface area contributed by atoms with Crippen LogP contribution in [0.5, 0.6) is 0 Å². The van der Waals surface area contributed by atoms with E-state index < -0.39 is 5.41 Å². The molecule has 0 amide bonds. The number of hydrogen-bond donors (Lipinski definition) is 0. The number of rotatable bonds is 0. The van der Waals surface area contributed by atoms with Gasteiger partial charge in [-0.1, -0.05) is 13.8 Å². The minimum Gasteiger partial charge on any atom is -0.393 e. The lowest BCUT2D eigenvalue weighted by atomic mass is 9.50. The predicted molar refractivity (Wildman–Crippen MR) is 41.2 cm³/mol. The number of esters is 2. The van der Waals surface area contributed by atoms with E-state index in [1.54, 1.807) is 0 Å². The SMILES string of the molecule is CC1(C)CCC12CC(=O)OC2=O. The van der Waals surface area contributed by atoms with E-state index in [0.29, 0.717) is 6.42 Å². The quantitative estimate of drug-likeness (QED) is 0.404. The first-order valence-corrected chi connectivity index (χ1v) is 4.23. The molecule has 2 rings (SSSR count). The molecule has 3 heteroatoms. The van der Waals surface area contributed by atoms with Crippen molar-refractivity contribution >= 4 is 11.9 Å². The number of carbonyl (C=O) groups excluding carboxylic acids is 2. The molecule has 2 fully saturated rings. The first kappa shape index (κ1) is 7.77. The highest BCUT2D eigenvalue weighted by Crippen LogP contribution is 2.61. The molecule has 1 saturated carbocycles. The molecule has 0 N–H and O–H groups in total. The first-order valence-electron chi connectivity index (χ1n) is 4.23.